The number of fused-ring (bicyclic) bond motifs is 1. The Balaban J connectivity index is 1.85. The lowest BCUT2D eigenvalue weighted by molar-refractivity contribution is 0.356. The van der Waals surface area contributed by atoms with Gasteiger partial charge in [-0.05, 0) is 36.5 Å². The number of hydrogen-bond acceptors (Lipinski definition) is 2. The standard InChI is InChI=1S/C12H15NO/c13-12(4-5-12)8-9-1-2-10-3-6-14-11(10)7-9/h1-2,7H,3-6,8,13H2. The second-order valence-electron chi connectivity index (χ2n) is 4.58. The predicted molar refractivity (Wildman–Crippen MR) is 55.5 cm³/mol. The largest absolute Gasteiger partial charge is 0.493 e. The fourth-order valence-electron chi connectivity index (χ4n) is 2.06. The molecular weight excluding hydrogens is 174 g/mol. The van der Waals surface area contributed by atoms with E-state index in [1.165, 1.54) is 24.0 Å². The molecule has 2 heteroatoms. The summed E-state index contributed by atoms with van der Waals surface area (Å²) in [5, 5.41) is 0. The fraction of sp³-hybridized carbons (Fsp3) is 0.500. The van der Waals surface area contributed by atoms with Crippen molar-refractivity contribution in [2.45, 2.75) is 31.2 Å². The first-order chi connectivity index (χ1) is 6.75. The first-order valence-electron chi connectivity index (χ1n) is 5.29. The summed E-state index contributed by atoms with van der Waals surface area (Å²) in [5.74, 6) is 1.08. The smallest absolute Gasteiger partial charge is 0.122 e. The van der Waals surface area contributed by atoms with Gasteiger partial charge in [0.1, 0.15) is 5.75 Å². The summed E-state index contributed by atoms with van der Waals surface area (Å²) in [5.41, 5.74) is 8.85. The van der Waals surface area contributed by atoms with Crippen LogP contribution in [0.2, 0.25) is 0 Å². The molecule has 0 amide bonds. The van der Waals surface area contributed by atoms with E-state index in [-0.39, 0.29) is 5.54 Å². The van der Waals surface area contributed by atoms with Gasteiger partial charge in [0.05, 0.1) is 6.61 Å². The molecule has 0 spiro atoms. The lowest BCUT2D eigenvalue weighted by atomic mass is 10.0. The summed E-state index contributed by atoms with van der Waals surface area (Å²) in [7, 11) is 0. The number of hydrogen-bond donors (Lipinski definition) is 1. The normalized spacial score (nSPS) is 21.5. The van der Waals surface area contributed by atoms with Crippen molar-refractivity contribution in [3.05, 3.63) is 29.3 Å². The van der Waals surface area contributed by atoms with Gasteiger partial charge >= 0.3 is 0 Å². The first kappa shape index (κ1) is 8.30. The molecule has 1 aromatic rings. The molecule has 1 fully saturated rings. The quantitative estimate of drug-likeness (QED) is 0.767. The highest BCUT2D eigenvalue weighted by atomic mass is 16.5. The Morgan fingerprint density at radius 2 is 2.21 bits per heavy atom. The van der Waals surface area contributed by atoms with Crippen molar-refractivity contribution in [1.29, 1.82) is 0 Å². The highest BCUT2D eigenvalue weighted by Gasteiger charge is 2.38. The van der Waals surface area contributed by atoms with Crippen LogP contribution in [-0.4, -0.2) is 12.1 Å². The summed E-state index contributed by atoms with van der Waals surface area (Å²) in [6.07, 6.45) is 4.41. The number of rotatable bonds is 2. The van der Waals surface area contributed by atoms with Crippen LogP contribution in [0.15, 0.2) is 18.2 Å². The van der Waals surface area contributed by atoms with Gasteiger partial charge in [-0.25, -0.2) is 0 Å². The van der Waals surface area contributed by atoms with Crippen molar-refractivity contribution < 1.29 is 4.74 Å². The second kappa shape index (κ2) is 2.74. The minimum absolute atomic E-state index is 0.104. The van der Waals surface area contributed by atoms with Crippen molar-refractivity contribution in [1.82, 2.24) is 0 Å². The van der Waals surface area contributed by atoms with Crippen LogP contribution in [0.25, 0.3) is 0 Å². The summed E-state index contributed by atoms with van der Waals surface area (Å²) in [4.78, 5) is 0. The van der Waals surface area contributed by atoms with E-state index in [4.69, 9.17) is 10.5 Å². The molecular formula is C12H15NO. The van der Waals surface area contributed by atoms with Crippen molar-refractivity contribution in [3.8, 4) is 5.75 Å². The molecule has 1 aliphatic heterocycles. The molecule has 0 atom stereocenters. The van der Waals surface area contributed by atoms with Crippen LogP contribution >= 0.6 is 0 Å². The zero-order valence-electron chi connectivity index (χ0n) is 8.25. The Morgan fingerprint density at radius 3 is 3.00 bits per heavy atom. The lowest BCUT2D eigenvalue weighted by Crippen LogP contribution is -2.24. The van der Waals surface area contributed by atoms with Crippen LogP contribution in [-0.2, 0) is 12.8 Å². The molecule has 0 unspecified atom stereocenters. The SMILES string of the molecule is NC1(Cc2ccc3c(c2)OCC3)CC1. The molecule has 1 saturated carbocycles. The summed E-state index contributed by atoms with van der Waals surface area (Å²) in [6, 6.07) is 6.54. The molecule has 0 saturated heterocycles. The van der Waals surface area contributed by atoms with Gasteiger partial charge in [0.2, 0.25) is 0 Å². The number of nitrogens with two attached hydrogens (primary N) is 1. The summed E-state index contributed by atoms with van der Waals surface area (Å²) in [6.45, 7) is 0.840. The topological polar surface area (TPSA) is 35.2 Å². The molecule has 14 heavy (non-hydrogen) atoms. The summed E-state index contributed by atoms with van der Waals surface area (Å²) < 4.78 is 5.53. The predicted octanol–water partition coefficient (Wildman–Crippen LogP) is 1.66. The zero-order chi connectivity index (χ0) is 9.60. The van der Waals surface area contributed by atoms with E-state index in [0.29, 0.717) is 0 Å². The number of benzene rings is 1. The molecule has 2 N–H and O–H groups in total. The molecule has 1 aromatic carbocycles. The van der Waals surface area contributed by atoms with E-state index in [9.17, 15) is 0 Å². The van der Waals surface area contributed by atoms with Crippen molar-refractivity contribution in [2.24, 2.45) is 5.73 Å². The minimum Gasteiger partial charge on any atom is -0.493 e. The molecule has 1 aliphatic carbocycles. The Kier molecular flexibility index (Phi) is 1.62. The highest BCUT2D eigenvalue weighted by molar-refractivity contribution is 5.40. The van der Waals surface area contributed by atoms with Crippen LogP contribution in [0, 0.1) is 0 Å². The average molecular weight is 189 g/mol. The second-order valence-corrected chi connectivity index (χ2v) is 4.58. The molecule has 0 radical (unpaired) electrons. The van der Waals surface area contributed by atoms with Gasteiger partial charge in [-0.2, -0.15) is 0 Å². The molecule has 74 valence electrons. The molecule has 1 heterocycles. The van der Waals surface area contributed by atoms with E-state index in [0.717, 1.165) is 25.2 Å². The maximum atomic E-state index is 6.08. The fourth-order valence-corrected chi connectivity index (χ4v) is 2.06. The Bertz CT molecular complexity index is 369. The van der Waals surface area contributed by atoms with Gasteiger partial charge in [-0.3, -0.25) is 0 Å². The average Bonchev–Trinajstić information content (AvgIpc) is 2.73. The highest BCUT2D eigenvalue weighted by Crippen LogP contribution is 2.37. The summed E-state index contributed by atoms with van der Waals surface area (Å²) >= 11 is 0. The molecule has 3 rings (SSSR count). The van der Waals surface area contributed by atoms with E-state index in [1.54, 1.807) is 0 Å². The van der Waals surface area contributed by atoms with E-state index < -0.39 is 0 Å². The molecule has 2 aliphatic rings. The van der Waals surface area contributed by atoms with Crippen LogP contribution in [0.1, 0.15) is 24.0 Å². The third-order valence-electron chi connectivity index (χ3n) is 3.21. The first-order valence-corrected chi connectivity index (χ1v) is 5.29. The van der Waals surface area contributed by atoms with Gasteiger partial charge in [0.25, 0.3) is 0 Å². The van der Waals surface area contributed by atoms with Gasteiger partial charge in [0, 0.05) is 12.0 Å². The van der Waals surface area contributed by atoms with E-state index in [2.05, 4.69) is 18.2 Å². The van der Waals surface area contributed by atoms with Crippen LogP contribution < -0.4 is 10.5 Å². The van der Waals surface area contributed by atoms with Gasteiger partial charge in [-0.15, -0.1) is 0 Å². The van der Waals surface area contributed by atoms with Crippen molar-refractivity contribution in [2.75, 3.05) is 6.61 Å². The molecule has 0 aromatic heterocycles. The monoisotopic (exact) mass is 189 g/mol. The van der Waals surface area contributed by atoms with Crippen LogP contribution in [0.5, 0.6) is 5.75 Å². The zero-order valence-corrected chi connectivity index (χ0v) is 8.25. The maximum absolute atomic E-state index is 6.08. The van der Waals surface area contributed by atoms with Gasteiger partial charge < -0.3 is 10.5 Å². The van der Waals surface area contributed by atoms with Crippen LogP contribution in [0.4, 0.5) is 0 Å². The lowest BCUT2D eigenvalue weighted by Gasteiger charge is -2.09. The maximum Gasteiger partial charge on any atom is 0.122 e. The Labute approximate surface area is 84.1 Å². The third-order valence-corrected chi connectivity index (χ3v) is 3.21. The Hall–Kier alpha value is -1.02. The minimum atomic E-state index is 0.104. The van der Waals surface area contributed by atoms with Gasteiger partial charge in [-0.1, -0.05) is 12.1 Å². The van der Waals surface area contributed by atoms with E-state index in [1.807, 2.05) is 0 Å². The Morgan fingerprint density at radius 1 is 1.36 bits per heavy atom. The van der Waals surface area contributed by atoms with Crippen LogP contribution in [0.3, 0.4) is 0 Å². The van der Waals surface area contributed by atoms with Gasteiger partial charge in [0.15, 0.2) is 0 Å². The molecule has 2 nitrogen and oxygen atoms in total. The van der Waals surface area contributed by atoms with Crippen molar-refractivity contribution in [3.63, 3.8) is 0 Å². The molecule has 0 bridgehead atoms. The third kappa shape index (κ3) is 1.40. The number of ether oxygens (including phenoxy) is 1. The van der Waals surface area contributed by atoms with E-state index >= 15 is 0 Å². The van der Waals surface area contributed by atoms with Crippen molar-refractivity contribution >= 4 is 0 Å².